The van der Waals surface area contributed by atoms with E-state index in [-0.39, 0.29) is 5.91 Å². The molecule has 4 rings (SSSR count). The first-order chi connectivity index (χ1) is 15.1. The van der Waals surface area contributed by atoms with E-state index in [0.717, 1.165) is 86.5 Å². The molecule has 4 heterocycles. The van der Waals surface area contributed by atoms with Crippen LogP contribution >= 0.6 is 15.9 Å². The van der Waals surface area contributed by atoms with Gasteiger partial charge in [-0.2, -0.15) is 10.1 Å². The summed E-state index contributed by atoms with van der Waals surface area (Å²) in [5.41, 5.74) is 1.86. The molecule has 0 spiro atoms. The summed E-state index contributed by atoms with van der Waals surface area (Å²) in [5, 5.41) is 14.8. The van der Waals surface area contributed by atoms with Gasteiger partial charge in [-0.25, -0.2) is 4.98 Å². The molecule has 0 saturated carbocycles. The molecule has 0 bridgehead atoms. The molecule has 3 N–H and O–H groups in total. The number of carbonyl (C=O) groups is 1. The molecule has 9 nitrogen and oxygen atoms in total. The zero-order chi connectivity index (χ0) is 21.6. The van der Waals surface area contributed by atoms with Crippen molar-refractivity contribution in [1.29, 1.82) is 0 Å². The Bertz CT molecular complexity index is 896. The summed E-state index contributed by atoms with van der Waals surface area (Å²) in [6.45, 7) is 6.47. The SMILES string of the molecule is Cc1nn(C2CCNCC2)cc1Nc1ncc(Br)c(NCCCN2CCCCC2=O)n1. The van der Waals surface area contributed by atoms with Gasteiger partial charge in [-0.05, 0) is 68.0 Å². The van der Waals surface area contributed by atoms with Crippen molar-refractivity contribution in [2.45, 2.75) is 51.5 Å². The fourth-order valence-corrected chi connectivity index (χ4v) is 4.44. The highest BCUT2D eigenvalue weighted by molar-refractivity contribution is 9.10. The molecule has 0 aromatic carbocycles. The highest BCUT2D eigenvalue weighted by Gasteiger charge is 2.19. The minimum absolute atomic E-state index is 0.279. The first kappa shape index (κ1) is 22.0. The van der Waals surface area contributed by atoms with Crippen LogP contribution < -0.4 is 16.0 Å². The van der Waals surface area contributed by atoms with Crippen LogP contribution in [0, 0.1) is 6.92 Å². The topological polar surface area (TPSA) is 100 Å². The second-order valence-electron chi connectivity index (χ2n) is 8.22. The van der Waals surface area contributed by atoms with Crippen molar-refractivity contribution in [3.63, 3.8) is 0 Å². The Labute approximate surface area is 191 Å². The van der Waals surface area contributed by atoms with E-state index in [1.165, 1.54) is 0 Å². The summed E-state index contributed by atoms with van der Waals surface area (Å²) in [7, 11) is 0. The summed E-state index contributed by atoms with van der Waals surface area (Å²) in [4.78, 5) is 22.9. The lowest BCUT2D eigenvalue weighted by Crippen LogP contribution is -2.36. The van der Waals surface area contributed by atoms with Crippen LogP contribution in [0.4, 0.5) is 17.5 Å². The van der Waals surface area contributed by atoms with Crippen molar-refractivity contribution in [3.8, 4) is 0 Å². The Balaban J connectivity index is 1.33. The molecule has 0 atom stereocenters. The summed E-state index contributed by atoms with van der Waals surface area (Å²) >= 11 is 3.52. The number of aryl methyl sites for hydroxylation is 1. The van der Waals surface area contributed by atoms with Crippen LogP contribution in [-0.2, 0) is 4.79 Å². The molecule has 1 amide bonds. The van der Waals surface area contributed by atoms with Gasteiger partial charge in [-0.3, -0.25) is 9.48 Å². The molecule has 31 heavy (non-hydrogen) atoms. The summed E-state index contributed by atoms with van der Waals surface area (Å²) in [6, 6.07) is 0.436. The number of rotatable bonds is 8. The minimum atomic E-state index is 0.279. The van der Waals surface area contributed by atoms with Crippen LogP contribution in [0.1, 0.15) is 50.3 Å². The van der Waals surface area contributed by atoms with Gasteiger partial charge < -0.3 is 20.9 Å². The second kappa shape index (κ2) is 10.4. The van der Waals surface area contributed by atoms with Crippen LogP contribution in [0.25, 0.3) is 0 Å². The van der Waals surface area contributed by atoms with E-state index < -0.39 is 0 Å². The third-order valence-corrected chi connectivity index (χ3v) is 6.49. The van der Waals surface area contributed by atoms with E-state index in [2.05, 4.69) is 52.7 Å². The number of halogens is 1. The number of likely N-dealkylation sites (tertiary alicyclic amines) is 1. The van der Waals surface area contributed by atoms with Crippen molar-refractivity contribution in [3.05, 3.63) is 22.6 Å². The molecule has 10 heteroatoms. The van der Waals surface area contributed by atoms with E-state index in [4.69, 9.17) is 5.10 Å². The quantitative estimate of drug-likeness (QED) is 0.488. The third-order valence-electron chi connectivity index (χ3n) is 5.91. The van der Waals surface area contributed by atoms with Crippen molar-refractivity contribution in [1.82, 2.24) is 30.0 Å². The molecule has 2 aromatic rings. The first-order valence-electron chi connectivity index (χ1n) is 11.2. The van der Waals surface area contributed by atoms with E-state index in [9.17, 15) is 4.79 Å². The number of nitrogens with one attached hydrogen (secondary N) is 3. The largest absolute Gasteiger partial charge is 0.369 e. The summed E-state index contributed by atoms with van der Waals surface area (Å²) in [6.07, 6.45) is 9.68. The standard InChI is InChI=1S/C21H31BrN8O/c1-15-18(14-30(28-15)16-6-9-23-10-7-16)26-21-25-13-17(22)20(27-21)24-8-4-12-29-11-3-2-5-19(29)31/h13-14,16,23H,2-12H2,1H3,(H2,24,25,26,27). The highest BCUT2D eigenvalue weighted by atomic mass is 79.9. The lowest BCUT2D eigenvalue weighted by atomic mass is 10.1. The average Bonchev–Trinajstić information content (AvgIpc) is 3.15. The number of piperidine rings is 2. The number of aromatic nitrogens is 4. The van der Waals surface area contributed by atoms with Gasteiger partial charge in [0.1, 0.15) is 5.82 Å². The Morgan fingerprint density at radius 1 is 1.29 bits per heavy atom. The van der Waals surface area contributed by atoms with Gasteiger partial charge >= 0.3 is 0 Å². The molecule has 2 aliphatic rings. The Hall–Kier alpha value is -2.20. The van der Waals surface area contributed by atoms with Gasteiger partial charge in [0.25, 0.3) is 0 Å². The Morgan fingerprint density at radius 3 is 2.94 bits per heavy atom. The smallest absolute Gasteiger partial charge is 0.229 e. The fourth-order valence-electron chi connectivity index (χ4n) is 4.11. The molecule has 0 radical (unpaired) electrons. The molecular weight excluding hydrogens is 460 g/mol. The molecule has 2 saturated heterocycles. The van der Waals surface area contributed by atoms with Crippen molar-refractivity contribution in [2.24, 2.45) is 0 Å². The monoisotopic (exact) mass is 490 g/mol. The Morgan fingerprint density at radius 2 is 2.13 bits per heavy atom. The maximum atomic E-state index is 11.9. The fraction of sp³-hybridized carbons (Fsp3) is 0.619. The van der Waals surface area contributed by atoms with E-state index in [1.807, 2.05) is 11.8 Å². The van der Waals surface area contributed by atoms with Crippen molar-refractivity contribution < 1.29 is 4.79 Å². The van der Waals surface area contributed by atoms with Gasteiger partial charge in [-0.15, -0.1) is 0 Å². The van der Waals surface area contributed by atoms with E-state index in [1.54, 1.807) is 6.20 Å². The van der Waals surface area contributed by atoms with Gasteiger partial charge in [0.05, 0.1) is 21.9 Å². The third kappa shape index (κ3) is 5.74. The molecule has 168 valence electrons. The number of carbonyl (C=O) groups excluding carboxylic acids is 1. The van der Waals surface area contributed by atoms with Crippen LogP contribution in [0.15, 0.2) is 16.9 Å². The van der Waals surface area contributed by atoms with E-state index >= 15 is 0 Å². The molecule has 0 aliphatic carbocycles. The maximum absolute atomic E-state index is 11.9. The maximum Gasteiger partial charge on any atom is 0.229 e. The Kier molecular flexibility index (Phi) is 7.39. The van der Waals surface area contributed by atoms with Gasteiger partial charge in [0.2, 0.25) is 11.9 Å². The van der Waals surface area contributed by atoms with Crippen molar-refractivity contribution >= 4 is 39.3 Å². The summed E-state index contributed by atoms with van der Waals surface area (Å²) < 4.78 is 2.88. The second-order valence-corrected chi connectivity index (χ2v) is 9.08. The zero-order valence-electron chi connectivity index (χ0n) is 18.0. The van der Waals surface area contributed by atoms with Crippen molar-refractivity contribution in [2.75, 3.05) is 43.4 Å². The molecule has 2 aliphatic heterocycles. The normalized spacial score (nSPS) is 17.7. The number of hydrogen-bond acceptors (Lipinski definition) is 7. The van der Waals surface area contributed by atoms with Crippen LogP contribution in [-0.4, -0.2) is 63.3 Å². The highest BCUT2D eigenvalue weighted by Crippen LogP contribution is 2.25. The first-order valence-corrected chi connectivity index (χ1v) is 12.0. The van der Waals surface area contributed by atoms with Gasteiger partial charge in [0.15, 0.2) is 0 Å². The van der Waals surface area contributed by atoms with Gasteiger partial charge in [0, 0.05) is 38.4 Å². The summed E-state index contributed by atoms with van der Waals surface area (Å²) in [5.74, 6) is 1.55. The van der Waals surface area contributed by atoms with Crippen LogP contribution in [0.2, 0.25) is 0 Å². The number of anilines is 3. The lowest BCUT2D eigenvalue weighted by Gasteiger charge is -2.26. The van der Waals surface area contributed by atoms with Gasteiger partial charge in [-0.1, -0.05) is 0 Å². The predicted octanol–water partition coefficient (Wildman–Crippen LogP) is 3.23. The van der Waals surface area contributed by atoms with E-state index in [0.29, 0.717) is 18.4 Å². The zero-order valence-corrected chi connectivity index (χ0v) is 19.6. The molecule has 2 fully saturated rings. The van der Waals surface area contributed by atoms with Crippen LogP contribution in [0.5, 0.6) is 0 Å². The average molecular weight is 491 g/mol. The number of nitrogens with zero attached hydrogens (tertiary/aromatic N) is 5. The number of amides is 1. The lowest BCUT2D eigenvalue weighted by molar-refractivity contribution is -0.133. The predicted molar refractivity (Wildman–Crippen MR) is 125 cm³/mol. The number of hydrogen-bond donors (Lipinski definition) is 3. The van der Waals surface area contributed by atoms with Crippen LogP contribution in [0.3, 0.4) is 0 Å². The minimum Gasteiger partial charge on any atom is -0.369 e. The molecular formula is C21H31BrN8O. The molecule has 2 aromatic heterocycles. The molecule has 0 unspecified atom stereocenters.